The molecule has 0 saturated carbocycles. The van der Waals surface area contributed by atoms with Crippen LogP contribution in [0.2, 0.25) is 0 Å². The molecule has 0 spiro atoms. The normalized spacial score (nSPS) is 30.4. The molecule has 2 unspecified atom stereocenters. The molecule has 112 valence electrons. The van der Waals surface area contributed by atoms with Gasteiger partial charge in [-0.25, -0.2) is 0 Å². The first-order valence-electron chi connectivity index (χ1n) is 7.79. The first-order valence-corrected chi connectivity index (χ1v) is 7.79. The van der Waals surface area contributed by atoms with Crippen molar-refractivity contribution in [3.63, 3.8) is 0 Å². The number of carbonyl (C=O) groups is 2. The molecule has 2 aliphatic rings. The summed E-state index contributed by atoms with van der Waals surface area (Å²) in [6, 6.07) is 9.99. The second kappa shape index (κ2) is 5.60. The smallest absolute Gasteiger partial charge is 0.237 e. The molecule has 1 N–H and O–H groups in total. The first kappa shape index (κ1) is 14.3. The average molecular weight is 286 g/mol. The topological polar surface area (TPSA) is 49.4 Å². The lowest BCUT2D eigenvalue weighted by atomic mass is 9.65. The van der Waals surface area contributed by atoms with Gasteiger partial charge in [0.1, 0.15) is 0 Å². The van der Waals surface area contributed by atoms with E-state index in [0.717, 1.165) is 31.6 Å². The minimum Gasteiger partial charge on any atom is -0.303 e. The third-order valence-corrected chi connectivity index (χ3v) is 5.11. The minimum absolute atomic E-state index is 0.104. The van der Waals surface area contributed by atoms with Crippen molar-refractivity contribution in [1.29, 1.82) is 0 Å². The molecule has 1 aromatic carbocycles. The molecule has 0 bridgehead atoms. The van der Waals surface area contributed by atoms with Crippen LogP contribution in [-0.2, 0) is 15.0 Å². The summed E-state index contributed by atoms with van der Waals surface area (Å²) in [5.74, 6) is 0.0396. The molecular formula is C17H22N2O2. The molecule has 2 fully saturated rings. The quantitative estimate of drug-likeness (QED) is 0.861. The zero-order valence-electron chi connectivity index (χ0n) is 12.5. The summed E-state index contributed by atoms with van der Waals surface area (Å²) >= 11 is 0. The third kappa shape index (κ3) is 2.38. The van der Waals surface area contributed by atoms with Crippen LogP contribution in [0.1, 0.15) is 31.7 Å². The highest BCUT2D eigenvalue weighted by Gasteiger charge is 2.51. The maximum absolute atomic E-state index is 12.8. The van der Waals surface area contributed by atoms with Crippen LogP contribution in [0.25, 0.3) is 0 Å². The summed E-state index contributed by atoms with van der Waals surface area (Å²) in [6.07, 6.45) is 2.08. The Labute approximate surface area is 125 Å². The maximum Gasteiger partial charge on any atom is 0.237 e. The molecule has 0 aromatic heterocycles. The lowest BCUT2D eigenvalue weighted by Gasteiger charge is -2.40. The zero-order chi connectivity index (χ0) is 14.9. The molecule has 4 nitrogen and oxygen atoms in total. The van der Waals surface area contributed by atoms with Gasteiger partial charge in [-0.1, -0.05) is 37.3 Å². The summed E-state index contributed by atoms with van der Waals surface area (Å²) < 4.78 is 0. The van der Waals surface area contributed by atoms with Gasteiger partial charge in [0.25, 0.3) is 0 Å². The Morgan fingerprint density at radius 3 is 2.67 bits per heavy atom. The molecular weight excluding hydrogens is 264 g/mol. The molecule has 3 rings (SSSR count). The van der Waals surface area contributed by atoms with Gasteiger partial charge in [0.05, 0.1) is 5.41 Å². The zero-order valence-corrected chi connectivity index (χ0v) is 12.5. The lowest BCUT2D eigenvalue weighted by molar-refractivity contribution is -0.139. The van der Waals surface area contributed by atoms with Gasteiger partial charge in [0.2, 0.25) is 11.8 Å². The summed E-state index contributed by atoms with van der Waals surface area (Å²) in [6.45, 7) is 5.15. The summed E-state index contributed by atoms with van der Waals surface area (Å²) in [7, 11) is 0. The predicted molar refractivity (Wildman–Crippen MR) is 80.7 cm³/mol. The molecule has 1 aromatic rings. The molecule has 0 radical (unpaired) electrons. The SMILES string of the molecule is CCN1CCC(C2(c3ccccc3)CCC(=O)NC2=O)C1. The second-order valence-corrected chi connectivity index (χ2v) is 6.09. The van der Waals surface area contributed by atoms with Gasteiger partial charge in [-0.3, -0.25) is 14.9 Å². The molecule has 21 heavy (non-hydrogen) atoms. The van der Waals surface area contributed by atoms with Crippen LogP contribution in [0.15, 0.2) is 30.3 Å². The molecule has 2 heterocycles. The van der Waals surface area contributed by atoms with Gasteiger partial charge in [-0.15, -0.1) is 0 Å². The van der Waals surface area contributed by atoms with E-state index < -0.39 is 5.41 Å². The van der Waals surface area contributed by atoms with Crippen molar-refractivity contribution >= 4 is 11.8 Å². The number of nitrogens with zero attached hydrogens (tertiary/aromatic N) is 1. The number of hydrogen-bond acceptors (Lipinski definition) is 3. The largest absolute Gasteiger partial charge is 0.303 e. The number of imide groups is 1. The number of nitrogens with one attached hydrogen (secondary N) is 1. The van der Waals surface area contributed by atoms with Crippen molar-refractivity contribution in [2.75, 3.05) is 19.6 Å². The second-order valence-electron chi connectivity index (χ2n) is 6.09. The third-order valence-electron chi connectivity index (χ3n) is 5.11. The molecule has 2 atom stereocenters. The van der Waals surface area contributed by atoms with Crippen LogP contribution < -0.4 is 5.32 Å². The average Bonchev–Trinajstić information content (AvgIpc) is 2.98. The number of rotatable bonds is 3. The van der Waals surface area contributed by atoms with E-state index >= 15 is 0 Å². The Morgan fingerprint density at radius 2 is 2.05 bits per heavy atom. The first-order chi connectivity index (χ1) is 10.2. The molecule has 2 saturated heterocycles. The van der Waals surface area contributed by atoms with Gasteiger partial charge in [-0.05, 0) is 37.4 Å². The number of likely N-dealkylation sites (tertiary alicyclic amines) is 1. The summed E-state index contributed by atoms with van der Waals surface area (Å²) in [4.78, 5) is 26.7. The number of benzene rings is 1. The predicted octanol–water partition coefficient (Wildman–Crippen LogP) is 1.70. The van der Waals surface area contributed by atoms with E-state index in [9.17, 15) is 9.59 Å². The van der Waals surface area contributed by atoms with Crippen molar-refractivity contribution in [3.8, 4) is 0 Å². The maximum atomic E-state index is 12.8. The fourth-order valence-electron chi connectivity index (χ4n) is 3.88. The van der Waals surface area contributed by atoms with E-state index in [1.165, 1.54) is 0 Å². The van der Waals surface area contributed by atoms with Gasteiger partial charge in [-0.2, -0.15) is 0 Å². The van der Waals surface area contributed by atoms with Crippen molar-refractivity contribution in [2.24, 2.45) is 5.92 Å². The van der Waals surface area contributed by atoms with Gasteiger partial charge < -0.3 is 4.90 Å². The van der Waals surface area contributed by atoms with E-state index in [1.54, 1.807) is 0 Å². The Kier molecular flexibility index (Phi) is 3.81. The van der Waals surface area contributed by atoms with Crippen molar-refractivity contribution < 1.29 is 9.59 Å². The number of hydrogen-bond donors (Lipinski definition) is 1. The fraction of sp³-hybridized carbons (Fsp3) is 0.529. The Morgan fingerprint density at radius 1 is 1.29 bits per heavy atom. The Hall–Kier alpha value is -1.68. The van der Waals surface area contributed by atoms with Crippen LogP contribution in [0.5, 0.6) is 0 Å². The summed E-state index contributed by atoms with van der Waals surface area (Å²) in [5.41, 5.74) is 0.511. The highest BCUT2D eigenvalue weighted by molar-refractivity contribution is 6.03. The lowest BCUT2D eigenvalue weighted by Crippen LogP contribution is -2.55. The van der Waals surface area contributed by atoms with Crippen LogP contribution in [0, 0.1) is 5.92 Å². The van der Waals surface area contributed by atoms with Crippen LogP contribution >= 0.6 is 0 Å². The Bertz CT molecular complexity index is 543. The van der Waals surface area contributed by atoms with Crippen molar-refractivity contribution in [2.45, 2.75) is 31.6 Å². The standard InChI is InChI=1S/C17H22N2O2/c1-2-19-11-9-14(12-19)17(13-6-4-3-5-7-13)10-8-15(20)18-16(17)21/h3-7,14H,2,8-12H2,1H3,(H,18,20,21). The van der Waals surface area contributed by atoms with Crippen molar-refractivity contribution in [3.05, 3.63) is 35.9 Å². The van der Waals surface area contributed by atoms with E-state index in [1.807, 2.05) is 30.3 Å². The van der Waals surface area contributed by atoms with Gasteiger partial charge in [0, 0.05) is 13.0 Å². The minimum atomic E-state index is -0.543. The molecule has 2 aliphatic heterocycles. The van der Waals surface area contributed by atoms with Crippen LogP contribution in [0.4, 0.5) is 0 Å². The van der Waals surface area contributed by atoms with Gasteiger partial charge in [0.15, 0.2) is 0 Å². The molecule has 4 heteroatoms. The van der Waals surface area contributed by atoms with E-state index in [0.29, 0.717) is 12.8 Å². The number of amides is 2. The summed E-state index contributed by atoms with van der Waals surface area (Å²) in [5, 5.41) is 2.58. The molecule has 2 amide bonds. The monoisotopic (exact) mass is 286 g/mol. The van der Waals surface area contributed by atoms with E-state index in [-0.39, 0.29) is 17.7 Å². The van der Waals surface area contributed by atoms with Crippen molar-refractivity contribution in [1.82, 2.24) is 10.2 Å². The Balaban J connectivity index is 1.99. The highest BCUT2D eigenvalue weighted by atomic mass is 16.2. The van der Waals surface area contributed by atoms with E-state index in [2.05, 4.69) is 17.1 Å². The highest BCUT2D eigenvalue weighted by Crippen LogP contribution is 2.43. The number of piperidine rings is 1. The van der Waals surface area contributed by atoms with Crippen LogP contribution in [0.3, 0.4) is 0 Å². The van der Waals surface area contributed by atoms with Gasteiger partial charge >= 0.3 is 0 Å². The van der Waals surface area contributed by atoms with Crippen LogP contribution in [-0.4, -0.2) is 36.3 Å². The fourth-order valence-corrected chi connectivity index (χ4v) is 3.88. The molecule has 0 aliphatic carbocycles. The number of carbonyl (C=O) groups excluding carboxylic acids is 2. The van der Waals surface area contributed by atoms with E-state index in [4.69, 9.17) is 0 Å².